The molecule has 150 valence electrons. The van der Waals surface area contributed by atoms with E-state index >= 15 is 0 Å². The number of nitrogens with two attached hydrogens (primary N) is 1. The van der Waals surface area contributed by atoms with Crippen molar-refractivity contribution in [2.24, 2.45) is 5.73 Å². The number of nitrogens with zero attached hydrogens (tertiary/aromatic N) is 2. The van der Waals surface area contributed by atoms with Crippen LogP contribution in [0.3, 0.4) is 0 Å². The maximum Gasteiger partial charge on any atom is 0.273 e. The lowest BCUT2D eigenvalue weighted by molar-refractivity contribution is 0.00831. The van der Waals surface area contributed by atoms with Crippen LogP contribution in [0.25, 0.3) is 10.6 Å². The van der Waals surface area contributed by atoms with Crippen molar-refractivity contribution in [2.45, 2.75) is 25.4 Å². The first-order valence-corrected chi connectivity index (χ1v) is 9.75. The van der Waals surface area contributed by atoms with Gasteiger partial charge >= 0.3 is 0 Å². The summed E-state index contributed by atoms with van der Waals surface area (Å²) in [6.45, 7) is 2.77. The Labute approximate surface area is 181 Å². The number of benzene rings is 1. The number of likely N-dealkylation sites (tertiary alicyclic amines) is 1. The van der Waals surface area contributed by atoms with Crippen molar-refractivity contribution in [3.63, 3.8) is 0 Å². The van der Waals surface area contributed by atoms with Gasteiger partial charge in [0, 0.05) is 35.7 Å². The van der Waals surface area contributed by atoms with E-state index in [0.717, 1.165) is 29.8 Å². The number of amides is 1. The molecule has 1 aliphatic rings. The molecule has 1 amide bonds. The third-order valence-electron chi connectivity index (χ3n) is 4.25. The first-order chi connectivity index (χ1) is 12.2. The van der Waals surface area contributed by atoms with Crippen LogP contribution in [0.4, 0.5) is 0 Å². The Morgan fingerprint density at radius 2 is 1.93 bits per heavy atom. The van der Waals surface area contributed by atoms with Crippen LogP contribution in [0.1, 0.15) is 29.8 Å². The van der Waals surface area contributed by atoms with Gasteiger partial charge in [-0.2, -0.15) is 0 Å². The molecule has 0 radical (unpaired) electrons. The predicted octanol–water partition coefficient (Wildman–Crippen LogP) is 4.28. The minimum Gasteiger partial charge on any atom is -0.378 e. The van der Waals surface area contributed by atoms with Gasteiger partial charge in [0.25, 0.3) is 5.91 Å². The monoisotopic (exact) mass is 451 g/mol. The van der Waals surface area contributed by atoms with Crippen LogP contribution < -0.4 is 5.73 Å². The maximum atomic E-state index is 12.7. The van der Waals surface area contributed by atoms with Crippen molar-refractivity contribution in [3.05, 3.63) is 40.4 Å². The summed E-state index contributed by atoms with van der Waals surface area (Å²) in [6.07, 6.45) is 2.84. The number of rotatable bonds is 6. The normalized spacial score (nSPS) is 14.4. The molecule has 0 spiro atoms. The van der Waals surface area contributed by atoms with Crippen LogP contribution in [-0.4, -0.2) is 48.1 Å². The number of aromatic nitrogens is 1. The molecule has 5 nitrogen and oxygen atoms in total. The molecule has 3 rings (SSSR count). The van der Waals surface area contributed by atoms with Crippen molar-refractivity contribution in [1.82, 2.24) is 9.88 Å². The Bertz CT molecular complexity index is 704. The van der Waals surface area contributed by atoms with E-state index in [-0.39, 0.29) is 36.8 Å². The van der Waals surface area contributed by atoms with E-state index in [0.29, 0.717) is 37.0 Å². The quantitative estimate of drug-likeness (QED) is 0.664. The predicted molar refractivity (Wildman–Crippen MR) is 116 cm³/mol. The molecule has 2 aromatic rings. The number of halogens is 3. The molecule has 1 fully saturated rings. The second-order valence-electron chi connectivity index (χ2n) is 6.05. The van der Waals surface area contributed by atoms with Crippen LogP contribution in [0.2, 0.25) is 5.02 Å². The number of carbonyl (C=O) groups is 1. The summed E-state index contributed by atoms with van der Waals surface area (Å²) in [7, 11) is 0. The van der Waals surface area contributed by atoms with E-state index in [1.807, 2.05) is 34.5 Å². The molecular weight excluding hydrogens is 429 g/mol. The highest BCUT2D eigenvalue weighted by atomic mass is 35.5. The summed E-state index contributed by atoms with van der Waals surface area (Å²) in [4.78, 5) is 19.0. The lowest BCUT2D eigenvalue weighted by Gasteiger charge is -2.31. The fourth-order valence-corrected chi connectivity index (χ4v) is 3.74. The number of thiazole rings is 1. The van der Waals surface area contributed by atoms with Crippen molar-refractivity contribution < 1.29 is 9.53 Å². The third kappa shape index (κ3) is 6.59. The van der Waals surface area contributed by atoms with Gasteiger partial charge in [0.2, 0.25) is 0 Å². The zero-order valence-corrected chi connectivity index (χ0v) is 18.0. The SMILES string of the molecule is Cl.Cl.NCCCOC1CCN(C(=O)c2csc(-c3ccc(Cl)cc3)n2)CC1. The fourth-order valence-electron chi connectivity index (χ4n) is 2.82. The number of hydrogen-bond acceptors (Lipinski definition) is 5. The highest BCUT2D eigenvalue weighted by Crippen LogP contribution is 2.26. The summed E-state index contributed by atoms with van der Waals surface area (Å²) in [5.41, 5.74) is 6.96. The Morgan fingerprint density at radius 1 is 1.26 bits per heavy atom. The lowest BCUT2D eigenvalue weighted by atomic mass is 10.1. The molecular formula is C18H24Cl3N3O2S. The van der Waals surface area contributed by atoms with Crippen LogP contribution in [0.5, 0.6) is 0 Å². The van der Waals surface area contributed by atoms with Gasteiger partial charge in [0.15, 0.2) is 0 Å². The lowest BCUT2D eigenvalue weighted by Crippen LogP contribution is -2.41. The Balaban J connectivity index is 0.00000182. The van der Waals surface area contributed by atoms with E-state index in [1.54, 1.807) is 0 Å². The van der Waals surface area contributed by atoms with E-state index in [4.69, 9.17) is 22.1 Å². The smallest absolute Gasteiger partial charge is 0.273 e. The molecule has 1 saturated heterocycles. The third-order valence-corrected chi connectivity index (χ3v) is 5.39. The van der Waals surface area contributed by atoms with Crippen LogP contribution in [0, 0.1) is 0 Å². The molecule has 2 N–H and O–H groups in total. The summed E-state index contributed by atoms with van der Waals surface area (Å²) >= 11 is 7.39. The second-order valence-corrected chi connectivity index (χ2v) is 7.34. The zero-order valence-electron chi connectivity index (χ0n) is 14.8. The van der Waals surface area contributed by atoms with E-state index in [2.05, 4.69) is 4.98 Å². The molecule has 27 heavy (non-hydrogen) atoms. The fraction of sp³-hybridized carbons (Fsp3) is 0.444. The Kier molecular flexibility index (Phi) is 10.6. The topological polar surface area (TPSA) is 68.5 Å². The number of piperidine rings is 1. The molecule has 0 bridgehead atoms. The van der Waals surface area contributed by atoms with Crippen LogP contribution in [0.15, 0.2) is 29.6 Å². The molecule has 1 aliphatic heterocycles. The van der Waals surface area contributed by atoms with Crippen molar-refractivity contribution in [2.75, 3.05) is 26.2 Å². The van der Waals surface area contributed by atoms with Gasteiger partial charge in [-0.1, -0.05) is 23.7 Å². The highest BCUT2D eigenvalue weighted by Gasteiger charge is 2.25. The molecule has 0 atom stereocenters. The first kappa shape index (κ1) is 24.1. The number of hydrogen-bond donors (Lipinski definition) is 1. The average Bonchev–Trinajstić information content (AvgIpc) is 3.13. The zero-order chi connectivity index (χ0) is 17.6. The van der Waals surface area contributed by atoms with Crippen molar-refractivity contribution in [1.29, 1.82) is 0 Å². The largest absolute Gasteiger partial charge is 0.378 e. The summed E-state index contributed by atoms with van der Waals surface area (Å²) < 4.78 is 5.79. The molecule has 0 aliphatic carbocycles. The molecule has 1 aromatic heterocycles. The van der Waals surface area contributed by atoms with Crippen LogP contribution >= 0.6 is 47.8 Å². The van der Waals surface area contributed by atoms with Gasteiger partial charge in [0.1, 0.15) is 10.7 Å². The van der Waals surface area contributed by atoms with Gasteiger partial charge < -0.3 is 15.4 Å². The summed E-state index contributed by atoms with van der Waals surface area (Å²) in [5, 5.41) is 3.35. The molecule has 1 aromatic carbocycles. The summed E-state index contributed by atoms with van der Waals surface area (Å²) in [5.74, 6) is -0.00290. The maximum absolute atomic E-state index is 12.7. The van der Waals surface area contributed by atoms with Crippen molar-refractivity contribution in [3.8, 4) is 10.6 Å². The summed E-state index contributed by atoms with van der Waals surface area (Å²) in [6, 6.07) is 7.49. The highest BCUT2D eigenvalue weighted by molar-refractivity contribution is 7.13. The van der Waals surface area contributed by atoms with Crippen molar-refractivity contribution >= 4 is 53.7 Å². The van der Waals surface area contributed by atoms with Gasteiger partial charge in [-0.05, 0) is 37.9 Å². The standard InChI is InChI=1S/C18H22ClN3O2S.2ClH/c19-14-4-2-13(3-5-14)17-21-16(12-25-17)18(23)22-9-6-15(7-10-22)24-11-1-8-20;;/h2-5,12,15H,1,6-11,20H2;2*1H. The number of carbonyl (C=O) groups excluding carboxylic acids is 1. The minimum absolute atomic E-state index is 0. The van der Waals surface area contributed by atoms with E-state index < -0.39 is 0 Å². The molecule has 0 unspecified atom stereocenters. The van der Waals surface area contributed by atoms with Gasteiger partial charge in [-0.3, -0.25) is 4.79 Å². The molecule has 2 heterocycles. The minimum atomic E-state index is -0.00290. The second kappa shape index (κ2) is 11.8. The van der Waals surface area contributed by atoms with E-state index in [1.165, 1.54) is 11.3 Å². The molecule has 9 heteroatoms. The van der Waals surface area contributed by atoms with Gasteiger partial charge in [-0.25, -0.2) is 4.98 Å². The molecule has 0 saturated carbocycles. The Hall–Kier alpha value is -0.890. The van der Waals surface area contributed by atoms with E-state index in [9.17, 15) is 4.79 Å². The van der Waals surface area contributed by atoms with Gasteiger partial charge in [-0.15, -0.1) is 36.2 Å². The average molecular weight is 453 g/mol. The Morgan fingerprint density at radius 3 is 2.56 bits per heavy atom. The van der Waals surface area contributed by atoms with Crippen LogP contribution in [-0.2, 0) is 4.74 Å². The number of ether oxygens (including phenoxy) is 1. The van der Waals surface area contributed by atoms with Gasteiger partial charge in [0.05, 0.1) is 6.10 Å². The first-order valence-electron chi connectivity index (χ1n) is 8.50.